The topological polar surface area (TPSA) is 21.3 Å². The normalized spacial score (nSPS) is 22.6. The fraction of sp³-hybridized carbons (Fsp3) is 0.647. The van der Waals surface area contributed by atoms with Gasteiger partial charge in [-0.15, -0.1) is 0 Å². The summed E-state index contributed by atoms with van der Waals surface area (Å²) in [4.78, 5) is 0. The van der Waals surface area contributed by atoms with Crippen molar-refractivity contribution in [1.82, 2.24) is 5.32 Å². The quantitative estimate of drug-likeness (QED) is 0.745. The highest BCUT2D eigenvalue weighted by atomic mass is 16.5. The molecule has 1 aromatic carbocycles. The summed E-state index contributed by atoms with van der Waals surface area (Å²) in [5.41, 5.74) is 1.35. The number of benzene rings is 1. The SMILES string of the molecule is CCCCOc1ccc(CNC2CCCC2C)cc1. The van der Waals surface area contributed by atoms with Gasteiger partial charge in [0.25, 0.3) is 0 Å². The molecule has 2 nitrogen and oxygen atoms in total. The van der Waals surface area contributed by atoms with E-state index in [2.05, 4.69) is 43.4 Å². The molecule has 106 valence electrons. The van der Waals surface area contributed by atoms with Crippen molar-refractivity contribution in [2.75, 3.05) is 6.61 Å². The Balaban J connectivity index is 1.75. The maximum absolute atomic E-state index is 5.68. The average Bonchev–Trinajstić information content (AvgIpc) is 2.84. The first-order valence-corrected chi connectivity index (χ1v) is 7.74. The van der Waals surface area contributed by atoms with E-state index >= 15 is 0 Å². The van der Waals surface area contributed by atoms with E-state index in [0.717, 1.165) is 31.2 Å². The molecule has 1 fully saturated rings. The maximum atomic E-state index is 5.68. The number of rotatable bonds is 7. The number of nitrogens with one attached hydrogen (secondary N) is 1. The van der Waals surface area contributed by atoms with E-state index in [9.17, 15) is 0 Å². The molecule has 2 atom stereocenters. The zero-order valence-electron chi connectivity index (χ0n) is 12.3. The van der Waals surface area contributed by atoms with E-state index in [0.29, 0.717) is 6.04 Å². The largest absolute Gasteiger partial charge is 0.494 e. The Kier molecular flexibility index (Phi) is 5.71. The van der Waals surface area contributed by atoms with E-state index in [1.54, 1.807) is 0 Å². The zero-order valence-corrected chi connectivity index (χ0v) is 12.3. The van der Waals surface area contributed by atoms with Crippen LogP contribution in [0.4, 0.5) is 0 Å². The van der Waals surface area contributed by atoms with Crippen LogP contribution in [-0.4, -0.2) is 12.6 Å². The molecule has 0 aromatic heterocycles. The minimum absolute atomic E-state index is 0.709. The van der Waals surface area contributed by atoms with Crippen molar-refractivity contribution in [1.29, 1.82) is 0 Å². The van der Waals surface area contributed by atoms with Crippen LogP contribution in [0.25, 0.3) is 0 Å². The Morgan fingerprint density at radius 2 is 2.00 bits per heavy atom. The van der Waals surface area contributed by atoms with Crippen molar-refractivity contribution >= 4 is 0 Å². The van der Waals surface area contributed by atoms with Gasteiger partial charge < -0.3 is 10.1 Å². The van der Waals surface area contributed by atoms with E-state index in [-0.39, 0.29) is 0 Å². The zero-order chi connectivity index (χ0) is 13.5. The first kappa shape index (κ1) is 14.4. The highest BCUT2D eigenvalue weighted by Gasteiger charge is 2.22. The molecule has 0 radical (unpaired) electrons. The molecule has 2 rings (SSSR count). The predicted molar refractivity (Wildman–Crippen MR) is 80.5 cm³/mol. The second kappa shape index (κ2) is 7.54. The molecular formula is C17H27NO. The van der Waals surface area contributed by atoms with Gasteiger partial charge >= 0.3 is 0 Å². The lowest BCUT2D eigenvalue weighted by atomic mass is 10.1. The van der Waals surface area contributed by atoms with Crippen LogP contribution < -0.4 is 10.1 Å². The van der Waals surface area contributed by atoms with E-state index in [1.165, 1.54) is 31.2 Å². The van der Waals surface area contributed by atoms with Crippen LogP contribution in [0, 0.1) is 5.92 Å². The van der Waals surface area contributed by atoms with Crippen LogP contribution in [0.2, 0.25) is 0 Å². The molecule has 0 saturated heterocycles. The number of hydrogen-bond donors (Lipinski definition) is 1. The lowest BCUT2D eigenvalue weighted by Crippen LogP contribution is -2.30. The third-order valence-corrected chi connectivity index (χ3v) is 4.12. The second-order valence-electron chi connectivity index (χ2n) is 5.74. The molecule has 1 N–H and O–H groups in total. The van der Waals surface area contributed by atoms with Gasteiger partial charge in [-0.25, -0.2) is 0 Å². The molecule has 0 spiro atoms. The first-order valence-electron chi connectivity index (χ1n) is 7.74. The number of hydrogen-bond acceptors (Lipinski definition) is 2. The lowest BCUT2D eigenvalue weighted by Gasteiger charge is -2.17. The highest BCUT2D eigenvalue weighted by Crippen LogP contribution is 2.25. The summed E-state index contributed by atoms with van der Waals surface area (Å²) >= 11 is 0. The maximum Gasteiger partial charge on any atom is 0.119 e. The Hall–Kier alpha value is -1.02. The summed E-state index contributed by atoms with van der Waals surface area (Å²) in [7, 11) is 0. The summed E-state index contributed by atoms with van der Waals surface area (Å²) < 4.78 is 5.68. The second-order valence-corrected chi connectivity index (χ2v) is 5.74. The minimum Gasteiger partial charge on any atom is -0.494 e. The van der Waals surface area contributed by atoms with Crippen molar-refractivity contribution in [2.24, 2.45) is 5.92 Å². The fourth-order valence-electron chi connectivity index (χ4n) is 2.74. The summed E-state index contributed by atoms with van der Waals surface area (Å²) in [6, 6.07) is 9.23. The first-order chi connectivity index (χ1) is 9.29. The van der Waals surface area contributed by atoms with E-state index in [4.69, 9.17) is 4.74 Å². The Morgan fingerprint density at radius 1 is 1.21 bits per heavy atom. The molecule has 1 aliphatic carbocycles. The van der Waals surface area contributed by atoms with Crippen LogP contribution >= 0.6 is 0 Å². The van der Waals surface area contributed by atoms with Crippen LogP contribution in [0.5, 0.6) is 5.75 Å². The molecule has 1 aromatic rings. The summed E-state index contributed by atoms with van der Waals surface area (Å²) in [5.74, 6) is 1.82. The smallest absolute Gasteiger partial charge is 0.119 e. The summed E-state index contributed by atoms with van der Waals surface area (Å²) in [6.07, 6.45) is 6.40. The Labute approximate surface area is 117 Å². The molecule has 2 heteroatoms. The number of ether oxygens (including phenoxy) is 1. The van der Waals surface area contributed by atoms with E-state index < -0.39 is 0 Å². The summed E-state index contributed by atoms with van der Waals surface area (Å²) in [6.45, 7) is 6.34. The van der Waals surface area contributed by atoms with Crippen LogP contribution in [0.3, 0.4) is 0 Å². The van der Waals surface area contributed by atoms with Crippen LogP contribution in [0.1, 0.15) is 51.5 Å². The minimum atomic E-state index is 0.709. The van der Waals surface area contributed by atoms with Crippen molar-refractivity contribution in [3.05, 3.63) is 29.8 Å². The van der Waals surface area contributed by atoms with Gasteiger partial charge in [-0.2, -0.15) is 0 Å². The third-order valence-electron chi connectivity index (χ3n) is 4.12. The predicted octanol–water partition coefficient (Wildman–Crippen LogP) is 4.14. The molecule has 19 heavy (non-hydrogen) atoms. The molecule has 1 aliphatic rings. The highest BCUT2D eigenvalue weighted by molar-refractivity contribution is 5.27. The van der Waals surface area contributed by atoms with Gasteiger partial charge in [-0.3, -0.25) is 0 Å². The van der Waals surface area contributed by atoms with Gasteiger partial charge in [-0.1, -0.05) is 38.8 Å². The average molecular weight is 261 g/mol. The molecule has 0 aliphatic heterocycles. The van der Waals surface area contributed by atoms with Crippen LogP contribution in [-0.2, 0) is 6.54 Å². The fourth-order valence-corrected chi connectivity index (χ4v) is 2.74. The molecule has 0 heterocycles. The standard InChI is InChI=1S/C17H27NO/c1-3-4-12-19-16-10-8-15(9-11-16)13-18-17-7-5-6-14(17)2/h8-11,14,17-18H,3-7,12-13H2,1-2H3. The number of unbranched alkanes of at least 4 members (excludes halogenated alkanes) is 1. The molecule has 2 unspecified atom stereocenters. The van der Waals surface area contributed by atoms with Crippen molar-refractivity contribution in [3.8, 4) is 5.75 Å². The molecule has 0 bridgehead atoms. The summed E-state index contributed by atoms with van der Waals surface area (Å²) in [5, 5.41) is 3.68. The Bertz CT molecular complexity index is 360. The van der Waals surface area contributed by atoms with Gasteiger partial charge in [0.2, 0.25) is 0 Å². The van der Waals surface area contributed by atoms with Crippen molar-refractivity contribution in [3.63, 3.8) is 0 Å². The van der Waals surface area contributed by atoms with Crippen molar-refractivity contribution in [2.45, 2.75) is 58.5 Å². The van der Waals surface area contributed by atoms with Gasteiger partial charge in [0, 0.05) is 12.6 Å². The van der Waals surface area contributed by atoms with Gasteiger partial charge in [0.1, 0.15) is 5.75 Å². The monoisotopic (exact) mass is 261 g/mol. The van der Waals surface area contributed by atoms with E-state index in [1.807, 2.05) is 0 Å². The van der Waals surface area contributed by atoms with Gasteiger partial charge in [0.05, 0.1) is 6.61 Å². The van der Waals surface area contributed by atoms with Gasteiger partial charge in [0.15, 0.2) is 0 Å². The molecule has 0 amide bonds. The van der Waals surface area contributed by atoms with Crippen LogP contribution in [0.15, 0.2) is 24.3 Å². The van der Waals surface area contributed by atoms with Gasteiger partial charge in [-0.05, 0) is 42.9 Å². The van der Waals surface area contributed by atoms with Crippen molar-refractivity contribution < 1.29 is 4.74 Å². The third kappa shape index (κ3) is 4.54. The lowest BCUT2D eigenvalue weighted by molar-refractivity contribution is 0.309. The Morgan fingerprint density at radius 3 is 2.63 bits per heavy atom. The molecular weight excluding hydrogens is 234 g/mol. The molecule has 1 saturated carbocycles.